The van der Waals surface area contributed by atoms with Gasteiger partial charge in [0.05, 0.1) is 31.7 Å². The van der Waals surface area contributed by atoms with Crippen LogP contribution >= 0.6 is 46.6 Å². The number of halogens is 3. The van der Waals surface area contributed by atoms with Crippen molar-refractivity contribution in [3.8, 4) is 0 Å². The Morgan fingerprint density at radius 3 is 2.42 bits per heavy atom. The third-order valence-electron chi connectivity index (χ3n) is 6.99. The summed E-state index contributed by atoms with van der Waals surface area (Å²) in [6.07, 6.45) is 0.580. The number of thioether (sulfide) groups is 1. The van der Waals surface area contributed by atoms with Crippen LogP contribution < -0.4 is 5.32 Å². The van der Waals surface area contributed by atoms with Crippen molar-refractivity contribution in [3.05, 3.63) is 102 Å². The number of nitro groups is 2. The highest BCUT2D eigenvalue weighted by atomic mass is 35.5. The summed E-state index contributed by atoms with van der Waals surface area (Å²) in [5, 5.41) is 27.4. The number of alkyl halides is 1. The van der Waals surface area contributed by atoms with Gasteiger partial charge in [-0.05, 0) is 48.6 Å². The molecule has 0 radical (unpaired) electrons. The van der Waals surface area contributed by atoms with Gasteiger partial charge in [-0.1, -0.05) is 47.5 Å². The quantitative estimate of drug-likeness (QED) is 0.191. The Morgan fingerprint density at radius 2 is 1.72 bits per heavy atom. The molecule has 186 valence electrons. The highest BCUT2D eigenvalue weighted by Gasteiger charge is 2.53. The molecular formula is C25H20Cl3N3O4S. The minimum Gasteiger partial charge on any atom is -0.377 e. The van der Waals surface area contributed by atoms with Crippen molar-refractivity contribution >= 4 is 63.6 Å². The van der Waals surface area contributed by atoms with Crippen molar-refractivity contribution in [2.75, 3.05) is 5.32 Å². The average Bonchev–Trinajstić information content (AvgIpc) is 3.15. The molecule has 3 aromatic carbocycles. The molecule has 0 saturated heterocycles. The molecule has 11 heteroatoms. The predicted octanol–water partition coefficient (Wildman–Crippen LogP) is 8.16. The van der Waals surface area contributed by atoms with Gasteiger partial charge < -0.3 is 5.32 Å². The maximum atomic E-state index is 12.0. The van der Waals surface area contributed by atoms with Gasteiger partial charge in [-0.15, -0.1) is 23.4 Å². The zero-order valence-electron chi connectivity index (χ0n) is 18.9. The second-order valence-electron chi connectivity index (χ2n) is 8.99. The first-order chi connectivity index (χ1) is 17.2. The third-order valence-corrected chi connectivity index (χ3v) is 9.67. The Kier molecular flexibility index (Phi) is 6.80. The zero-order valence-corrected chi connectivity index (χ0v) is 21.9. The fourth-order valence-corrected chi connectivity index (χ4v) is 7.90. The first-order valence-corrected chi connectivity index (χ1v) is 13.3. The van der Waals surface area contributed by atoms with Gasteiger partial charge in [0.15, 0.2) is 0 Å². The molecule has 0 aromatic heterocycles. The van der Waals surface area contributed by atoms with E-state index in [-0.39, 0.29) is 39.4 Å². The van der Waals surface area contributed by atoms with E-state index in [1.807, 2.05) is 13.0 Å². The number of rotatable bonds is 5. The number of nitro benzene ring substituents is 2. The highest BCUT2D eigenvalue weighted by molar-refractivity contribution is 8.00. The van der Waals surface area contributed by atoms with Crippen LogP contribution in [0.2, 0.25) is 10.0 Å². The van der Waals surface area contributed by atoms with E-state index in [0.29, 0.717) is 32.6 Å². The number of nitrogens with one attached hydrogen (secondary N) is 1. The second-order valence-corrected chi connectivity index (χ2v) is 11.6. The second kappa shape index (κ2) is 9.74. The van der Waals surface area contributed by atoms with Crippen molar-refractivity contribution in [3.63, 3.8) is 0 Å². The van der Waals surface area contributed by atoms with E-state index in [0.717, 1.165) is 11.1 Å². The van der Waals surface area contributed by atoms with Crippen molar-refractivity contribution < 1.29 is 9.85 Å². The molecule has 7 nitrogen and oxygen atoms in total. The molecule has 1 aliphatic heterocycles. The van der Waals surface area contributed by atoms with Gasteiger partial charge in [-0.2, -0.15) is 0 Å². The smallest absolute Gasteiger partial charge is 0.282 e. The van der Waals surface area contributed by atoms with Crippen LogP contribution in [-0.2, 0) is 0 Å². The average molecular weight is 565 g/mol. The number of aryl methyl sites for hydroxylation is 1. The van der Waals surface area contributed by atoms with E-state index in [1.54, 1.807) is 36.4 Å². The topological polar surface area (TPSA) is 98.3 Å². The van der Waals surface area contributed by atoms with Crippen LogP contribution in [0.1, 0.15) is 35.1 Å². The van der Waals surface area contributed by atoms with E-state index in [2.05, 4.69) is 5.32 Å². The Labute approximate surface area is 226 Å². The van der Waals surface area contributed by atoms with Gasteiger partial charge in [0.1, 0.15) is 0 Å². The van der Waals surface area contributed by atoms with E-state index < -0.39 is 10.3 Å². The van der Waals surface area contributed by atoms with Crippen LogP contribution in [0, 0.1) is 33.1 Å². The molecule has 1 fully saturated rings. The lowest BCUT2D eigenvalue weighted by Gasteiger charge is -2.39. The Balaban J connectivity index is 1.63. The summed E-state index contributed by atoms with van der Waals surface area (Å²) in [4.78, 5) is 23.4. The van der Waals surface area contributed by atoms with Crippen molar-refractivity contribution in [2.45, 2.75) is 40.8 Å². The van der Waals surface area contributed by atoms with Crippen LogP contribution in [0.3, 0.4) is 0 Å². The molecule has 1 aliphatic carbocycles. The lowest BCUT2D eigenvalue weighted by molar-refractivity contribution is -0.387. The fourth-order valence-electron chi connectivity index (χ4n) is 5.44. The number of para-hydroxylation sites is 1. The summed E-state index contributed by atoms with van der Waals surface area (Å²) in [6.45, 7) is 1.90. The first kappa shape index (κ1) is 25.1. The molecule has 5 atom stereocenters. The van der Waals surface area contributed by atoms with Crippen LogP contribution in [-0.4, -0.2) is 20.5 Å². The van der Waals surface area contributed by atoms with Crippen molar-refractivity contribution in [1.82, 2.24) is 0 Å². The number of anilines is 1. The van der Waals surface area contributed by atoms with Gasteiger partial charge in [0.2, 0.25) is 0 Å². The molecule has 5 rings (SSSR count). The number of nitrogens with zero attached hydrogens (tertiary/aromatic N) is 2. The number of hydrogen-bond acceptors (Lipinski definition) is 6. The summed E-state index contributed by atoms with van der Waals surface area (Å²) in [5.41, 5.74) is 2.98. The third kappa shape index (κ3) is 4.30. The van der Waals surface area contributed by atoms with Gasteiger partial charge in [0, 0.05) is 39.0 Å². The zero-order chi connectivity index (χ0) is 25.7. The fraction of sp³-hybridized carbons (Fsp3) is 0.280. The molecule has 0 unspecified atom stereocenters. The molecule has 3 aromatic rings. The predicted molar refractivity (Wildman–Crippen MR) is 144 cm³/mol. The molecular weight excluding hydrogens is 545 g/mol. The molecule has 36 heavy (non-hydrogen) atoms. The molecule has 1 heterocycles. The minimum absolute atomic E-state index is 0.0129. The van der Waals surface area contributed by atoms with Crippen LogP contribution in [0.5, 0.6) is 0 Å². The van der Waals surface area contributed by atoms with Gasteiger partial charge >= 0.3 is 0 Å². The normalized spacial score (nSPS) is 24.5. The van der Waals surface area contributed by atoms with Gasteiger partial charge in [-0.3, -0.25) is 20.2 Å². The maximum absolute atomic E-state index is 12.0. The molecule has 1 saturated carbocycles. The number of fused-ring (bicyclic) bond motifs is 3. The summed E-state index contributed by atoms with van der Waals surface area (Å²) >= 11 is 21.2. The number of benzene rings is 3. The van der Waals surface area contributed by atoms with Gasteiger partial charge in [0.25, 0.3) is 11.4 Å². The van der Waals surface area contributed by atoms with Crippen LogP contribution in [0.25, 0.3) is 0 Å². The highest BCUT2D eigenvalue weighted by Crippen LogP contribution is 2.60. The molecule has 0 amide bonds. The molecule has 1 N–H and O–H groups in total. The van der Waals surface area contributed by atoms with Crippen LogP contribution in [0.15, 0.2) is 59.5 Å². The minimum atomic E-state index is -0.505. The Bertz CT molecular complexity index is 1390. The van der Waals surface area contributed by atoms with Crippen molar-refractivity contribution in [1.29, 1.82) is 0 Å². The Morgan fingerprint density at radius 1 is 1.00 bits per heavy atom. The maximum Gasteiger partial charge on any atom is 0.282 e. The van der Waals surface area contributed by atoms with E-state index in [9.17, 15) is 20.2 Å². The first-order valence-electron chi connectivity index (χ1n) is 11.2. The summed E-state index contributed by atoms with van der Waals surface area (Å²) in [7, 11) is 0. The lowest BCUT2D eigenvalue weighted by atomic mass is 9.76. The van der Waals surface area contributed by atoms with E-state index in [4.69, 9.17) is 34.8 Å². The van der Waals surface area contributed by atoms with E-state index in [1.165, 1.54) is 23.9 Å². The summed E-state index contributed by atoms with van der Waals surface area (Å²) in [5.74, 6) is -0.500. The summed E-state index contributed by atoms with van der Waals surface area (Å²) < 4.78 is 0. The molecule has 0 bridgehead atoms. The van der Waals surface area contributed by atoms with Crippen molar-refractivity contribution in [2.24, 2.45) is 5.92 Å². The number of hydrogen-bond donors (Lipinski definition) is 1. The monoisotopic (exact) mass is 563 g/mol. The molecule has 2 aliphatic rings. The van der Waals surface area contributed by atoms with E-state index >= 15 is 0 Å². The Hall–Kier alpha value is -2.52. The SMILES string of the molecule is Cc1ccc([N+](=O)[O-])c2c1N[C@@H](c1ccc(Cl)cc1Cl)[C@H]1C[C@@H](Sc3ccccc3[N+](=O)[O-])[C@@H](Cl)[C@H]21. The van der Waals surface area contributed by atoms with Gasteiger partial charge in [-0.25, -0.2) is 0 Å². The lowest BCUT2D eigenvalue weighted by Crippen LogP contribution is -2.32. The molecule has 0 spiro atoms. The largest absolute Gasteiger partial charge is 0.377 e. The summed E-state index contributed by atoms with van der Waals surface area (Å²) in [6, 6.07) is 14.8. The van der Waals surface area contributed by atoms with Crippen LogP contribution in [0.4, 0.5) is 17.1 Å². The standard InChI is InChI=1S/C25H20Cl3N3O4S/c1-12-6-9-18(31(34)35)22-21-15(25(29-24(12)22)14-8-7-13(26)10-16(14)27)11-20(23(21)28)36-19-5-3-2-4-17(19)30(32)33/h2-10,15,20-21,23,25,29H,11H2,1H3/t15-,20+,21-,23+,25-/m0/s1.